The van der Waals surface area contributed by atoms with Crippen molar-refractivity contribution in [3.05, 3.63) is 12.2 Å². The van der Waals surface area contributed by atoms with Crippen molar-refractivity contribution in [3.63, 3.8) is 0 Å². The van der Waals surface area contributed by atoms with E-state index in [1.807, 2.05) is 0 Å². The first-order valence-electron chi connectivity index (χ1n) is 6.88. The highest BCUT2D eigenvalue weighted by Gasteiger charge is 1.88. The normalized spacial score (nSPS) is 11.4. The van der Waals surface area contributed by atoms with Gasteiger partial charge in [-0.15, -0.1) is 0 Å². The summed E-state index contributed by atoms with van der Waals surface area (Å²) in [6.45, 7) is 4.27. The van der Waals surface area contributed by atoms with Gasteiger partial charge in [0.1, 0.15) is 0 Å². The number of nitrogens with one attached hydrogen (secondary N) is 1. The first kappa shape index (κ1) is 15.7. The zero-order valence-corrected chi connectivity index (χ0v) is 10.9. The van der Waals surface area contributed by atoms with Crippen molar-refractivity contribution in [2.45, 2.75) is 58.3 Å². The predicted molar refractivity (Wildman–Crippen MR) is 71.7 cm³/mol. The summed E-state index contributed by atoms with van der Waals surface area (Å²) in [6.07, 6.45) is 15.0. The Kier molecular flexibility index (Phi) is 14.3. The maximum absolute atomic E-state index is 8.56. The molecule has 0 rings (SSSR count). The Morgan fingerprint density at radius 1 is 0.875 bits per heavy atom. The van der Waals surface area contributed by atoms with Crippen LogP contribution in [-0.2, 0) is 0 Å². The number of hydrogen-bond donors (Lipinski definition) is 2. The van der Waals surface area contributed by atoms with E-state index in [0.29, 0.717) is 0 Å². The molecule has 0 aliphatic heterocycles. The minimum absolute atomic E-state index is 0.250. The number of rotatable bonds is 12. The number of aliphatic hydroxyl groups is 1. The maximum Gasteiger partial charge on any atom is 0.0555 e. The van der Waals surface area contributed by atoms with Crippen LogP contribution in [0.1, 0.15) is 58.3 Å². The Morgan fingerprint density at radius 2 is 1.56 bits per heavy atom. The molecular weight excluding hydrogens is 198 g/mol. The van der Waals surface area contributed by atoms with Gasteiger partial charge in [0.15, 0.2) is 0 Å². The molecule has 16 heavy (non-hydrogen) atoms. The molecule has 0 saturated carbocycles. The van der Waals surface area contributed by atoms with Gasteiger partial charge in [-0.25, -0.2) is 0 Å². The Morgan fingerprint density at radius 3 is 2.19 bits per heavy atom. The summed E-state index contributed by atoms with van der Waals surface area (Å²) < 4.78 is 0. The fourth-order valence-electron chi connectivity index (χ4n) is 1.64. The molecule has 0 saturated heterocycles. The van der Waals surface area contributed by atoms with Crippen LogP contribution in [0.15, 0.2) is 12.2 Å². The van der Waals surface area contributed by atoms with Gasteiger partial charge >= 0.3 is 0 Å². The van der Waals surface area contributed by atoms with Crippen LogP contribution < -0.4 is 5.32 Å². The molecule has 0 spiro atoms. The lowest BCUT2D eigenvalue weighted by Crippen LogP contribution is -2.19. The highest BCUT2D eigenvalue weighted by atomic mass is 16.3. The van der Waals surface area contributed by atoms with Crippen LogP contribution in [0.5, 0.6) is 0 Å². The van der Waals surface area contributed by atoms with E-state index >= 15 is 0 Å². The highest BCUT2D eigenvalue weighted by molar-refractivity contribution is 4.81. The summed E-state index contributed by atoms with van der Waals surface area (Å²) in [6, 6.07) is 0. The fourth-order valence-corrected chi connectivity index (χ4v) is 1.64. The van der Waals surface area contributed by atoms with Crippen molar-refractivity contribution >= 4 is 0 Å². The van der Waals surface area contributed by atoms with E-state index in [1.165, 1.54) is 51.4 Å². The summed E-state index contributed by atoms with van der Waals surface area (Å²) in [5.41, 5.74) is 0. The van der Waals surface area contributed by atoms with Crippen molar-refractivity contribution in [1.82, 2.24) is 5.32 Å². The predicted octanol–water partition coefficient (Wildman–Crippen LogP) is 3.27. The molecule has 0 amide bonds. The van der Waals surface area contributed by atoms with Gasteiger partial charge in [-0.2, -0.15) is 0 Å². The van der Waals surface area contributed by atoms with E-state index in [2.05, 4.69) is 24.4 Å². The molecule has 2 N–H and O–H groups in total. The molecule has 0 bridgehead atoms. The second-order valence-electron chi connectivity index (χ2n) is 4.29. The van der Waals surface area contributed by atoms with Crippen molar-refractivity contribution in [2.24, 2.45) is 0 Å². The van der Waals surface area contributed by atoms with Crippen LogP contribution >= 0.6 is 0 Å². The van der Waals surface area contributed by atoms with Gasteiger partial charge in [-0.1, -0.05) is 38.3 Å². The Hall–Kier alpha value is -0.340. The fraction of sp³-hybridized carbons (Fsp3) is 0.857. The lowest BCUT2D eigenvalue weighted by Gasteiger charge is -2.01. The Balaban J connectivity index is 2.97. The molecule has 0 fully saturated rings. The number of aliphatic hydroxyl groups excluding tert-OH is 1. The molecule has 0 aliphatic rings. The quantitative estimate of drug-likeness (QED) is 0.396. The van der Waals surface area contributed by atoms with Crippen LogP contribution in [0.2, 0.25) is 0 Å². The molecular formula is C14H29NO. The van der Waals surface area contributed by atoms with Crippen molar-refractivity contribution in [3.8, 4) is 0 Å². The van der Waals surface area contributed by atoms with Crippen molar-refractivity contribution < 1.29 is 5.11 Å². The third-order valence-corrected chi connectivity index (χ3v) is 2.65. The smallest absolute Gasteiger partial charge is 0.0555 e. The van der Waals surface area contributed by atoms with Gasteiger partial charge in [-0.3, -0.25) is 0 Å². The number of unbranched alkanes of at least 4 members (excludes halogenated alkanes) is 6. The van der Waals surface area contributed by atoms with Crippen LogP contribution in [0.4, 0.5) is 0 Å². The monoisotopic (exact) mass is 227 g/mol. The van der Waals surface area contributed by atoms with Gasteiger partial charge in [-0.05, 0) is 38.6 Å². The van der Waals surface area contributed by atoms with E-state index in [0.717, 1.165) is 13.1 Å². The number of allylic oxidation sites excluding steroid dienone is 2. The molecule has 2 heteroatoms. The standard InChI is InChI=1S/C14H29NO/c1-2-3-4-5-6-7-8-9-10-11-12-15-13-14-16/h6-7,15-16H,2-5,8-14H2,1H3. The number of hydrogen-bond acceptors (Lipinski definition) is 2. The van der Waals surface area contributed by atoms with Crippen LogP contribution in [0.25, 0.3) is 0 Å². The minimum Gasteiger partial charge on any atom is -0.395 e. The minimum atomic E-state index is 0.250. The zero-order chi connectivity index (χ0) is 11.9. The lowest BCUT2D eigenvalue weighted by molar-refractivity contribution is 0.292. The average molecular weight is 227 g/mol. The van der Waals surface area contributed by atoms with E-state index in [9.17, 15) is 0 Å². The zero-order valence-electron chi connectivity index (χ0n) is 10.9. The highest BCUT2D eigenvalue weighted by Crippen LogP contribution is 2.03. The van der Waals surface area contributed by atoms with E-state index in [1.54, 1.807) is 0 Å². The van der Waals surface area contributed by atoms with Gasteiger partial charge in [0.05, 0.1) is 6.61 Å². The summed E-state index contributed by atoms with van der Waals surface area (Å²) in [7, 11) is 0. The Bertz CT molecular complexity index is 146. The van der Waals surface area contributed by atoms with E-state index in [-0.39, 0.29) is 6.61 Å². The first-order chi connectivity index (χ1) is 7.91. The molecule has 0 aliphatic carbocycles. The molecule has 0 aromatic carbocycles. The maximum atomic E-state index is 8.56. The van der Waals surface area contributed by atoms with Gasteiger partial charge in [0.25, 0.3) is 0 Å². The topological polar surface area (TPSA) is 32.3 Å². The summed E-state index contributed by atoms with van der Waals surface area (Å²) in [4.78, 5) is 0. The Labute approximate surface area is 101 Å². The molecule has 0 atom stereocenters. The third-order valence-electron chi connectivity index (χ3n) is 2.65. The van der Waals surface area contributed by atoms with E-state index < -0.39 is 0 Å². The molecule has 0 heterocycles. The van der Waals surface area contributed by atoms with Crippen LogP contribution in [0, 0.1) is 0 Å². The molecule has 0 radical (unpaired) electrons. The average Bonchev–Trinajstić information content (AvgIpc) is 2.31. The van der Waals surface area contributed by atoms with Gasteiger partial charge < -0.3 is 10.4 Å². The first-order valence-corrected chi connectivity index (χ1v) is 6.88. The second kappa shape index (κ2) is 14.7. The van der Waals surface area contributed by atoms with Crippen molar-refractivity contribution in [2.75, 3.05) is 19.7 Å². The molecule has 0 aromatic heterocycles. The van der Waals surface area contributed by atoms with Crippen LogP contribution in [0.3, 0.4) is 0 Å². The summed E-state index contributed by atoms with van der Waals surface area (Å²) in [5.74, 6) is 0. The van der Waals surface area contributed by atoms with Gasteiger partial charge in [0.2, 0.25) is 0 Å². The largest absolute Gasteiger partial charge is 0.395 e. The molecule has 2 nitrogen and oxygen atoms in total. The van der Waals surface area contributed by atoms with Crippen LogP contribution in [-0.4, -0.2) is 24.8 Å². The molecule has 0 unspecified atom stereocenters. The lowest BCUT2D eigenvalue weighted by atomic mass is 10.1. The third kappa shape index (κ3) is 13.7. The SMILES string of the molecule is CCCCCC=CCCCCCNCCO. The molecule has 0 aromatic rings. The van der Waals surface area contributed by atoms with Gasteiger partial charge in [0, 0.05) is 6.54 Å². The summed E-state index contributed by atoms with van der Waals surface area (Å²) >= 11 is 0. The van der Waals surface area contributed by atoms with Crippen molar-refractivity contribution in [1.29, 1.82) is 0 Å². The second-order valence-corrected chi connectivity index (χ2v) is 4.29. The summed E-state index contributed by atoms with van der Waals surface area (Å²) in [5, 5.41) is 11.7. The molecule has 96 valence electrons. The van der Waals surface area contributed by atoms with E-state index in [4.69, 9.17) is 5.11 Å².